The molecule has 176 valence electrons. The molecule has 0 radical (unpaired) electrons. The molecule has 0 aliphatic carbocycles. The average Bonchev–Trinajstić information content (AvgIpc) is 2.73. The van der Waals surface area contributed by atoms with Crippen molar-refractivity contribution in [3.63, 3.8) is 0 Å². The number of carbonyl (C=O) groups excluding carboxylic acids is 3. The molecule has 30 heavy (non-hydrogen) atoms. The van der Waals surface area contributed by atoms with Gasteiger partial charge in [-0.25, -0.2) is 0 Å². The van der Waals surface area contributed by atoms with E-state index < -0.39 is 39.1 Å². The third-order valence-electron chi connectivity index (χ3n) is 4.81. The molecule has 3 atom stereocenters. The molecule has 3 unspecified atom stereocenters. The van der Waals surface area contributed by atoms with Gasteiger partial charge < -0.3 is 14.2 Å². The molecule has 0 rings (SSSR count). The van der Waals surface area contributed by atoms with Crippen LogP contribution in [-0.2, 0) is 28.6 Å². The van der Waals surface area contributed by atoms with Gasteiger partial charge in [-0.2, -0.15) is 37.9 Å². The lowest BCUT2D eigenvalue weighted by molar-refractivity contribution is -0.161. The van der Waals surface area contributed by atoms with E-state index in [1.807, 2.05) is 27.7 Å². The Balaban J connectivity index is 5.19. The molecule has 0 N–H and O–H groups in total. The van der Waals surface area contributed by atoms with Crippen LogP contribution in [0, 0.1) is 5.41 Å². The number of esters is 3. The number of hydrogen-bond acceptors (Lipinski definition) is 9. The first-order valence-electron chi connectivity index (χ1n) is 10.7. The van der Waals surface area contributed by atoms with Crippen LogP contribution in [0.15, 0.2) is 0 Å². The van der Waals surface area contributed by atoms with Crippen molar-refractivity contribution >= 4 is 55.8 Å². The lowest BCUT2D eigenvalue weighted by atomic mass is 9.88. The van der Waals surface area contributed by atoms with Gasteiger partial charge in [0.1, 0.15) is 19.8 Å². The van der Waals surface area contributed by atoms with Gasteiger partial charge in [0, 0.05) is 0 Å². The molecule has 0 aliphatic heterocycles. The highest BCUT2D eigenvalue weighted by atomic mass is 32.1. The highest BCUT2D eigenvalue weighted by Gasteiger charge is 2.36. The Morgan fingerprint density at radius 2 is 0.900 bits per heavy atom. The van der Waals surface area contributed by atoms with Crippen molar-refractivity contribution in [1.82, 2.24) is 0 Å². The van der Waals surface area contributed by atoms with Crippen LogP contribution in [0.4, 0.5) is 0 Å². The average molecular weight is 483 g/mol. The minimum Gasteiger partial charge on any atom is -0.464 e. The summed E-state index contributed by atoms with van der Waals surface area (Å²) >= 11 is 12.8. The van der Waals surface area contributed by atoms with Crippen LogP contribution in [-0.4, -0.2) is 53.5 Å². The Labute approximate surface area is 197 Å². The lowest BCUT2D eigenvalue weighted by Gasteiger charge is -2.32. The molecule has 6 nitrogen and oxygen atoms in total. The minimum absolute atomic E-state index is 0.0420. The highest BCUT2D eigenvalue weighted by Crippen LogP contribution is 2.26. The van der Waals surface area contributed by atoms with Gasteiger partial charge in [-0.05, 0) is 25.7 Å². The summed E-state index contributed by atoms with van der Waals surface area (Å²) in [7, 11) is 0. The zero-order valence-corrected chi connectivity index (χ0v) is 21.3. The second-order valence-electron chi connectivity index (χ2n) is 7.59. The normalized spacial score (nSPS) is 16.1. The number of thiol groups is 3. The first-order valence-corrected chi connectivity index (χ1v) is 12.2. The zero-order valence-electron chi connectivity index (χ0n) is 18.6. The summed E-state index contributed by atoms with van der Waals surface area (Å²) in [6, 6.07) is 0. The fraction of sp³-hybridized carbons (Fsp3) is 0.857. The maximum absolute atomic E-state index is 12.2. The largest absolute Gasteiger partial charge is 0.464 e. The Bertz CT molecular complexity index is 460. The molecule has 0 aromatic carbocycles. The van der Waals surface area contributed by atoms with Crippen LogP contribution in [0.25, 0.3) is 0 Å². The van der Waals surface area contributed by atoms with Crippen molar-refractivity contribution in [2.75, 3.05) is 19.8 Å². The predicted molar refractivity (Wildman–Crippen MR) is 129 cm³/mol. The number of hydrogen-bond donors (Lipinski definition) is 3. The molecule has 0 spiro atoms. The van der Waals surface area contributed by atoms with E-state index in [4.69, 9.17) is 14.2 Å². The molecule has 0 saturated heterocycles. The monoisotopic (exact) mass is 482 g/mol. The Morgan fingerprint density at radius 3 is 1.10 bits per heavy atom. The lowest BCUT2D eigenvalue weighted by Crippen LogP contribution is -2.41. The van der Waals surface area contributed by atoms with Gasteiger partial charge in [0.25, 0.3) is 0 Å². The molecule has 0 aromatic rings. The van der Waals surface area contributed by atoms with Gasteiger partial charge in [-0.15, -0.1) is 0 Å². The molecule has 0 aliphatic rings. The quantitative estimate of drug-likeness (QED) is 0.173. The Kier molecular flexibility index (Phi) is 15.9. The molecule has 0 bridgehead atoms. The van der Waals surface area contributed by atoms with E-state index in [1.54, 1.807) is 0 Å². The summed E-state index contributed by atoms with van der Waals surface area (Å²) in [5.74, 6) is -1.31. The van der Waals surface area contributed by atoms with Gasteiger partial charge in [0.2, 0.25) is 0 Å². The number of rotatable bonds is 16. The van der Waals surface area contributed by atoms with Crippen LogP contribution in [0.1, 0.15) is 72.6 Å². The van der Waals surface area contributed by atoms with Crippen molar-refractivity contribution in [3.8, 4) is 0 Å². The van der Waals surface area contributed by atoms with Crippen LogP contribution in [0.2, 0.25) is 0 Å². The summed E-state index contributed by atoms with van der Waals surface area (Å²) < 4.78 is 16.4. The van der Waals surface area contributed by atoms with E-state index in [0.29, 0.717) is 25.7 Å². The van der Waals surface area contributed by atoms with Crippen LogP contribution in [0.3, 0.4) is 0 Å². The van der Waals surface area contributed by atoms with Gasteiger partial charge >= 0.3 is 17.9 Å². The van der Waals surface area contributed by atoms with E-state index in [-0.39, 0.29) is 19.8 Å². The molecular formula is C21H38O6S3. The smallest absolute Gasteiger partial charge is 0.318 e. The molecule has 0 fully saturated rings. The second-order valence-corrected chi connectivity index (χ2v) is 9.46. The van der Waals surface area contributed by atoms with Crippen LogP contribution in [0.5, 0.6) is 0 Å². The van der Waals surface area contributed by atoms with Crippen LogP contribution >= 0.6 is 37.9 Å². The van der Waals surface area contributed by atoms with E-state index >= 15 is 0 Å². The Hall–Kier alpha value is -0.540. The summed E-state index contributed by atoms with van der Waals surface area (Å²) in [6.45, 7) is 7.62. The fourth-order valence-corrected chi connectivity index (χ4v) is 3.56. The molecule has 0 amide bonds. The van der Waals surface area contributed by atoms with Gasteiger partial charge in [-0.1, -0.05) is 47.0 Å². The summed E-state index contributed by atoms with van der Waals surface area (Å²) in [6.07, 6.45) is 4.68. The number of carbonyl (C=O) groups is 3. The fourth-order valence-electron chi connectivity index (χ4n) is 2.57. The first-order chi connectivity index (χ1) is 14.2. The van der Waals surface area contributed by atoms with E-state index in [9.17, 15) is 14.4 Å². The first kappa shape index (κ1) is 29.5. The summed E-state index contributed by atoms with van der Waals surface area (Å²) in [4.78, 5) is 36.7. The van der Waals surface area contributed by atoms with E-state index in [0.717, 1.165) is 19.3 Å². The summed E-state index contributed by atoms with van der Waals surface area (Å²) in [5.41, 5.74) is -0.847. The van der Waals surface area contributed by atoms with Gasteiger partial charge in [0.15, 0.2) is 0 Å². The Morgan fingerprint density at radius 1 is 0.633 bits per heavy atom. The predicted octanol–water partition coefficient (Wildman–Crippen LogP) is 4.31. The third kappa shape index (κ3) is 11.2. The standard InChI is InChI=1S/C21H38O6S3/c1-5-9-15(28)18(22)25-12-21(8-4,13-26-19(23)16(29)10-6-2)14-27-20(24)17(30)11-7-3/h15-17,28-30H,5-14H2,1-4H3. The second kappa shape index (κ2) is 16.1. The van der Waals surface area contributed by atoms with Crippen molar-refractivity contribution in [3.05, 3.63) is 0 Å². The maximum atomic E-state index is 12.2. The molecular weight excluding hydrogens is 444 g/mol. The van der Waals surface area contributed by atoms with Crippen LogP contribution < -0.4 is 0 Å². The highest BCUT2D eigenvalue weighted by molar-refractivity contribution is 7.82. The van der Waals surface area contributed by atoms with Crippen molar-refractivity contribution < 1.29 is 28.6 Å². The molecule has 9 heteroatoms. The van der Waals surface area contributed by atoms with Gasteiger partial charge in [-0.3, -0.25) is 14.4 Å². The van der Waals surface area contributed by atoms with Gasteiger partial charge in [0.05, 0.1) is 21.2 Å². The van der Waals surface area contributed by atoms with E-state index in [1.165, 1.54) is 0 Å². The zero-order chi connectivity index (χ0) is 23.2. The van der Waals surface area contributed by atoms with Crippen molar-refractivity contribution in [1.29, 1.82) is 0 Å². The minimum atomic E-state index is -0.847. The topological polar surface area (TPSA) is 78.9 Å². The molecule has 0 heterocycles. The molecule has 0 saturated carbocycles. The maximum Gasteiger partial charge on any atom is 0.318 e. The molecule has 0 aromatic heterocycles. The van der Waals surface area contributed by atoms with Crippen molar-refractivity contribution in [2.45, 2.75) is 88.4 Å². The van der Waals surface area contributed by atoms with E-state index in [2.05, 4.69) is 37.9 Å². The van der Waals surface area contributed by atoms with Crippen molar-refractivity contribution in [2.24, 2.45) is 5.41 Å². The SMILES string of the molecule is CCCC(S)C(=O)OCC(CC)(COC(=O)C(S)CCC)COC(=O)C(S)CCC. The third-order valence-corrected chi connectivity index (χ3v) is 6.22. The summed E-state index contributed by atoms with van der Waals surface area (Å²) in [5, 5.41) is -1.56. The number of ether oxygens (including phenoxy) is 3.